The summed E-state index contributed by atoms with van der Waals surface area (Å²) in [6.07, 6.45) is 0.698. The third kappa shape index (κ3) is 4.43. The molecule has 0 saturated heterocycles. The first-order valence-corrected chi connectivity index (χ1v) is 5.83. The van der Waals surface area contributed by atoms with Crippen molar-refractivity contribution in [1.82, 2.24) is 4.90 Å². The van der Waals surface area contributed by atoms with Crippen molar-refractivity contribution in [1.29, 1.82) is 0 Å². The standard InChI is InChI=1S/C13H18FNO3/c1-18-10-2-7-15(8-9-16)13(17)11-3-5-12(14)6-4-11/h3-6,16H,2,7-10H2,1H3. The van der Waals surface area contributed by atoms with Crippen LogP contribution in [-0.2, 0) is 4.74 Å². The summed E-state index contributed by atoms with van der Waals surface area (Å²) >= 11 is 0. The number of amides is 1. The van der Waals surface area contributed by atoms with Crippen molar-refractivity contribution in [3.63, 3.8) is 0 Å². The first kappa shape index (κ1) is 14.6. The molecule has 5 heteroatoms. The van der Waals surface area contributed by atoms with Crippen LogP contribution in [0.25, 0.3) is 0 Å². The summed E-state index contributed by atoms with van der Waals surface area (Å²) in [4.78, 5) is 13.6. The van der Waals surface area contributed by atoms with Crippen molar-refractivity contribution in [2.24, 2.45) is 0 Å². The summed E-state index contributed by atoms with van der Waals surface area (Å²) in [5.41, 5.74) is 0.419. The van der Waals surface area contributed by atoms with Gasteiger partial charge in [-0.25, -0.2) is 4.39 Å². The van der Waals surface area contributed by atoms with Crippen LogP contribution < -0.4 is 0 Å². The number of halogens is 1. The zero-order valence-corrected chi connectivity index (χ0v) is 10.4. The normalized spacial score (nSPS) is 10.4. The van der Waals surface area contributed by atoms with Gasteiger partial charge in [-0.3, -0.25) is 4.79 Å². The predicted octanol–water partition coefficient (Wildman–Crippen LogP) is 1.30. The molecule has 0 aliphatic rings. The van der Waals surface area contributed by atoms with E-state index in [4.69, 9.17) is 9.84 Å². The third-order valence-electron chi connectivity index (χ3n) is 2.52. The average molecular weight is 255 g/mol. The van der Waals surface area contributed by atoms with E-state index in [1.54, 1.807) is 7.11 Å². The van der Waals surface area contributed by atoms with Crippen molar-refractivity contribution in [2.75, 3.05) is 33.4 Å². The summed E-state index contributed by atoms with van der Waals surface area (Å²) in [5, 5.41) is 8.95. The molecule has 1 rings (SSSR count). The summed E-state index contributed by atoms with van der Waals surface area (Å²) in [5.74, 6) is -0.584. The highest BCUT2D eigenvalue weighted by Crippen LogP contribution is 2.07. The highest BCUT2D eigenvalue weighted by Gasteiger charge is 2.14. The second-order valence-electron chi connectivity index (χ2n) is 3.87. The number of rotatable bonds is 7. The zero-order chi connectivity index (χ0) is 13.4. The predicted molar refractivity (Wildman–Crippen MR) is 65.9 cm³/mol. The summed E-state index contributed by atoms with van der Waals surface area (Å²) < 4.78 is 17.7. The molecule has 0 radical (unpaired) electrons. The Morgan fingerprint density at radius 3 is 2.56 bits per heavy atom. The molecule has 1 N–H and O–H groups in total. The van der Waals surface area contributed by atoms with E-state index in [1.165, 1.54) is 29.2 Å². The molecule has 4 nitrogen and oxygen atoms in total. The molecule has 100 valence electrons. The van der Waals surface area contributed by atoms with Crippen LogP contribution >= 0.6 is 0 Å². The van der Waals surface area contributed by atoms with E-state index in [-0.39, 0.29) is 24.9 Å². The van der Waals surface area contributed by atoms with Gasteiger partial charge < -0.3 is 14.7 Å². The van der Waals surface area contributed by atoms with E-state index in [9.17, 15) is 9.18 Å². The fourth-order valence-electron chi connectivity index (χ4n) is 1.61. The molecule has 0 aromatic heterocycles. The molecule has 0 spiro atoms. The van der Waals surface area contributed by atoms with Crippen LogP contribution in [0.4, 0.5) is 4.39 Å². The molecule has 1 aromatic rings. The maximum absolute atomic E-state index is 12.8. The fourth-order valence-corrected chi connectivity index (χ4v) is 1.61. The van der Waals surface area contributed by atoms with E-state index in [0.29, 0.717) is 25.1 Å². The maximum Gasteiger partial charge on any atom is 0.253 e. The van der Waals surface area contributed by atoms with Gasteiger partial charge in [0, 0.05) is 32.4 Å². The van der Waals surface area contributed by atoms with Crippen LogP contribution in [0.2, 0.25) is 0 Å². The number of aliphatic hydroxyl groups excluding tert-OH is 1. The molecule has 0 saturated carbocycles. The van der Waals surface area contributed by atoms with Gasteiger partial charge >= 0.3 is 0 Å². The van der Waals surface area contributed by atoms with Gasteiger partial charge in [-0.05, 0) is 30.7 Å². The number of methoxy groups -OCH3 is 1. The Morgan fingerprint density at radius 2 is 2.00 bits per heavy atom. The highest BCUT2D eigenvalue weighted by molar-refractivity contribution is 5.94. The third-order valence-corrected chi connectivity index (χ3v) is 2.52. The minimum atomic E-state index is -0.375. The molecule has 1 amide bonds. The van der Waals surface area contributed by atoms with E-state index in [1.807, 2.05) is 0 Å². The molecule has 0 bridgehead atoms. The Labute approximate surface area is 106 Å². The Morgan fingerprint density at radius 1 is 1.33 bits per heavy atom. The van der Waals surface area contributed by atoms with E-state index < -0.39 is 0 Å². The lowest BCUT2D eigenvalue weighted by molar-refractivity contribution is 0.0701. The number of benzene rings is 1. The van der Waals surface area contributed by atoms with Crippen molar-refractivity contribution in [3.05, 3.63) is 35.6 Å². The lowest BCUT2D eigenvalue weighted by Gasteiger charge is -2.21. The summed E-state index contributed by atoms with van der Waals surface area (Å²) in [7, 11) is 1.60. The number of hydrogen-bond acceptors (Lipinski definition) is 3. The van der Waals surface area contributed by atoms with Crippen LogP contribution in [0.3, 0.4) is 0 Å². The molecule has 1 aromatic carbocycles. The van der Waals surface area contributed by atoms with Crippen LogP contribution in [0, 0.1) is 5.82 Å². The lowest BCUT2D eigenvalue weighted by atomic mass is 10.2. The van der Waals surface area contributed by atoms with Crippen LogP contribution in [0.1, 0.15) is 16.8 Å². The van der Waals surface area contributed by atoms with Crippen LogP contribution in [0.5, 0.6) is 0 Å². The molecular weight excluding hydrogens is 237 g/mol. The number of carbonyl (C=O) groups excluding carboxylic acids is 1. The lowest BCUT2D eigenvalue weighted by Crippen LogP contribution is -2.34. The minimum Gasteiger partial charge on any atom is -0.395 e. The average Bonchev–Trinajstić information content (AvgIpc) is 2.38. The molecule has 0 atom stereocenters. The SMILES string of the molecule is COCCCN(CCO)C(=O)c1ccc(F)cc1. The molecular formula is C13H18FNO3. The van der Waals surface area contributed by atoms with Crippen LogP contribution in [-0.4, -0.2) is 49.3 Å². The van der Waals surface area contributed by atoms with Gasteiger partial charge in [-0.1, -0.05) is 0 Å². The van der Waals surface area contributed by atoms with Gasteiger partial charge in [0.05, 0.1) is 6.61 Å². The number of hydrogen-bond donors (Lipinski definition) is 1. The van der Waals surface area contributed by atoms with E-state index in [2.05, 4.69) is 0 Å². The zero-order valence-electron chi connectivity index (χ0n) is 10.4. The van der Waals surface area contributed by atoms with Gasteiger partial charge in [0.1, 0.15) is 5.82 Å². The molecule has 18 heavy (non-hydrogen) atoms. The summed E-state index contributed by atoms with van der Waals surface area (Å²) in [6, 6.07) is 5.38. The molecule has 0 aliphatic carbocycles. The monoisotopic (exact) mass is 255 g/mol. The Bertz CT molecular complexity index is 367. The summed E-state index contributed by atoms with van der Waals surface area (Å²) in [6.45, 7) is 1.23. The van der Waals surface area contributed by atoms with E-state index >= 15 is 0 Å². The Kier molecular flexibility index (Phi) is 6.32. The van der Waals surface area contributed by atoms with Gasteiger partial charge in [-0.15, -0.1) is 0 Å². The number of nitrogens with zero attached hydrogens (tertiary/aromatic N) is 1. The number of aliphatic hydroxyl groups is 1. The minimum absolute atomic E-state index is 0.0973. The van der Waals surface area contributed by atoms with Gasteiger partial charge in [0.15, 0.2) is 0 Å². The largest absolute Gasteiger partial charge is 0.395 e. The van der Waals surface area contributed by atoms with Crippen molar-refractivity contribution >= 4 is 5.91 Å². The van der Waals surface area contributed by atoms with Gasteiger partial charge in [0.2, 0.25) is 0 Å². The first-order chi connectivity index (χ1) is 8.69. The second kappa shape index (κ2) is 7.79. The second-order valence-corrected chi connectivity index (χ2v) is 3.87. The van der Waals surface area contributed by atoms with Gasteiger partial charge in [-0.2, -0.15) is 0 Å². The fraction of sp³-hybridized carbons (Fsp3) is 0.462. The number of ether oxygens (including phenoxy) is 1. The maximum atomic E-state index is 12.8. The first-order valence-electron chi connectivity index (χ1n) is 5.83. The highest BCUT2D eigenvalue weighted by atomic mass is 19.1. The quantitative estimate of drug-likeness (QED) is 0.747. The van der Waals surface area contributed by atoms with Crippen LogP contribution in [0.15, 0.2) is 24.3 Å². The van der Waals surface area contributed by atoms with Crippen molar-refractivity contribution in [3.8, 4) is 0 Å². The Balaban J connectivity index is 2.66. The smallest absolute Gasteiger partial charge is 0.253 e. The Hall–Kier alpha value is -1.46. The van der Waals surface area contributed by atoms with Crippen molar-refractivity contribution in [2.45, 2.75) is 6.42 Å². The molecule has 0 fully saturated rings. The topological polar surface area (TPSA) is 49.8 Å². The van der Waals surface area contributed by atoms with Crippen molar-refractivity contribution < 1.29 is 19.0 Å². The molecule has 0 heterocycles. The number of carbonyl (C=O) groups is 1. The van der Waals surface area contributed by atoms with E-state index in [0.717, 1.165) is 0 Å². The molecule has 0 aliphatic heterocycles. The van der Waals surface area contributed by atoms with Gasteiger partial charge in [0.25, 0.3) is 5.91 Å². The molecule has 0 unspecified atom stereocenters.